The van der Waals surface area contributed by atoms with Crippen LogP contribution in [0.15, 0.2) is 53.0 Å². The van der Waals surface area contributed by atoms with Crippen molar-refractivity contribution in [2.24, 2.45) is 0 Å². The van der Waals surface area contributed by atoms with Crippen molar-refractivity contribution in [1.29, 1.82) is 0 Å². The predicted octanol–water partition coefficient (Wildman–Crippen LogP) is 2.87. The van der Waals surface area contributed by atoms with Crippen LogP contribution in [0.2, 0.25) is 0 Å². The van der Waals surface area contributed by atoms with Crippen LogP contribution in [0.4, 0.5) is 10.5 Å². The Morgan fingerprint density at radius 1 is 1.00 bits per heavy atom. The Hall–Kier alpha value is -2.67. The van der Waals surface area contributed by atoms with Crippen molar-refractivity contribution in [3.05, 3.63) is 64.1 Å². The number of carbonyl (C=O) groups excluding carboxylic acids is 3. The molecule has 2 N–H and O–H groups in total. The molecule has 0 aromatic heterocycles. The summed E-state index contributed by atoms with van der Waals surface area (Å²) in [6.07, 6.45) is 0. The molecule has 0 bridgehead atoms. The lowest BCUT2D eigenvalue weighted by atomic mass is 10.1. The Kier molecular flexibility index (Phi) is 4.61. The first kappa shape index (κ1) is 16.2. The highest BCUT2D eigenvalue weighted by molar-refractivity contribution is 9.10. The molecule has 2 aromatic carbocycles. The van der Waals surface area contributed by atoms with Gasteiger partial charge < -0.3 is 10.6 Å². The number of nitrogens with one attached hydrogen (secondary N) is 2. The third-order valence-electron chi connectivity index (χ3n) is 3.58. The van der Waals surface area contributed by atoms with Gasteiger partial charge >= 0.3 is 6.03 Å². The van der Waals surface area contributed by atoms with Crippen molar-refractivity contribution in [3.8, 4) is 0 Å². The van der Waals surface area contributed by atoms with Crippen molar-refractivity contribution in [3.63, 3.8) is 0 Å². The zero-order valence-electron chi connectivity index (χ0n) is 12.6. The maximum absolute atomic E-state index is 12.2. The maximum Gasteiger partial charge on any atom is 0.319 e. The second-order valence-electron chi connectivity index (χ2n) is 5.20. The van der Waals surface area contributed by atoms with Gasteiger partial charge in [-0.2, -0.15) is 0 Å². The van der Waals surface area contributed by atoms with E-state index in [9.17, 15) is 14.4 Å². The molecule has 6 nitrogen and oxygen atoms in total. The summed E-state index contributed by atoms with van der Waals surface area (Å²) in [6.45, 7) is 0.295. The zero-order valence-corrected chi connectivity index (χ0v) is 14.2. The van der Waals surface area contributed by atoms with Gasteiger partial charge in [0.05, 0.1) is 11.1 Å². The molecule has 0 saturated heterocycles. The van der Waals surface area contributed by atoms with E-state index in [1.165, 1.54) is 0 Å². The number of anilines is 1. The van der Waals surface area contributed by atoms with Crippen LogP contribution in [-0.2, 0) is 0 Å². The Balaban J connectivity index is 1.53. The van der Waals surface area contributed by atoms with Gasteiger partial charge in [0.2, 0.25) is 0 Å². The first-order valence-corrected chi connectivity index (χ1v) is 8.11. The van der Waals surface area contributed by atoms with Crippen LogP contribution in [0.1, 0.15) is 20.7 Å². The highest BCUT2D eigenvalue weighted by Gasteiger charge is 2.34. The highest BCUT2D eigenvalue weighted by Crippen LogP contribution is 2.21. The molecule has 2 aromatic rings. The summed E-state index contributed by atoms with van der Waals surface area (Å²) in [4.78, 5) is 37.4. The van der Waals surface area contributed by atoms with E-state index in [-0.39, 0.29) is 24.9 Å². The van der Waals surface area contributed by atoms with Crippen molar-refractivity contribution in [2.75, 3.05) is 18.4 Å². The van der Waals surface area contributed by atoms with Gasteiger partial charge in [0.25, 0.3) is 11.8 Å². The van der Waals surface area contributed by atoms with Crippen LogP contribution >= 0.6 is 15.9 Å². The van der Waals surface area contributed by atoms with Crippen molar-refractivity contribution >= 4 is 39.5 Å². The number of benzene rings is 2. The summed E-state index contributed by atoms with van der Waals surface area (Å²) < 4.78 is 0.853. The summed E-state index contributed by atoms with van der Waals surface area (Å²) in [7, 11) is 0. The zero-order chi connectivity index (χ0) is 17.1. The minimum Gasteiger partial charge on any atom is -0.336 e. The third kappa shape index (κ3) is 3.30. The fourth-order valence-electron chi connectivity index (χ4n) is 2.46. The predicted molar refractivity (Wildman–Crippen MR) is 93.0 cm³/mol. The quantitative estimate of drug-likeness (QED) is 0.791. The molecule has 122 valence electrons. The number of nitrogens with zero attached hydrogens (tertiary/aromatic N) is 1. The Bertz CT molecular complexity index is 787. The van der Waals surface area contributed by atoms with Gasteiger partial charge in [0.1, 0.15) is 0 Å². The SMILES string of the molecule is O=C(NCCN1C(=O)c2ccccc2C1=O)Nc1cccc(Br)c1. The van der Waals surface area contributed by atoms with E-state index in [1.807, 2.05) is 6.07 Å². The molecule has 24 heavy (non-hydrogen) atoms. The molecule has 1 heterocycles. The number of halogens is 1. The fourth-order valence-corrected chi connectivity index (χ4v) is 2.86. The van der Waals surface area contributed by atoms with Gasteiger partial charge in [-0.05, 0) is 30.3 Å². The van der Waals surface area contributed by atoms with Gasteiger partial charge in [-0.15, -0.1) is 0 Å². The van der Waals surface area contributed by atoms with Crippen LogP contribution in [0.3, 0.4) is 0 Å². The molecule has 1 aliphatic heterocycles. The number of carbonyl (C=O) groups is 3. The molecule has 0 aliphatic carbocycles. The number of fused-ring (bicyclic) bond motifs is 1. The van der Waals surface area contributed by atoms with Gasteiger partial charge in [0, 0.05) is 23.2 Å². The third-order valence-corrected chi connectivity index (χ3v) is 4.07. The summed E-state index contributed by atoms with van der Waals surface area (Å²) in [5, 5.41) is 5.31. The Morgan fingerprint density at radius 2 is 1.67 bits per heavy atom. The molecule has 0 radical (unpaired) electrons. The Morgan fingerprint density at radius 3 is 2.29 bits per heavy atom. The maximum atomic E-state index is 12.2. The minimum atomic E-state index is -0.398. The van der Waals surface area contributed by atoms with E-state index >= 15 is 0 Å². The molecule has 7 heteroatoms. The second kappa shape index (κ2) is 6.84. The first-order chi connectivity index (χ1) is 11.6. The van der Waals surface area contributed by atoms with E-state index in [0.717, 1.165) is 9.37 Å². The largest absolute Gasteiger partial charge is 0.336 e. The number of rotatable bonds is 4. The number of urea groups is 1. The van der Waals surface area contributed by atoms with E-state index in [4.69, 9.17) is 0 Å². The van der Waals surface area contributed by atoms with Gasteiger partial charge in [-0.25, -0.2) is 4.79 Å². The standard InChI is InChI=1S/C17H14BrN3O3/c18-11-4-3-5-12(10-11)20-17(24)19-8-9-21-15(22)13-6-1-2-7-14(13)16(21)23/h1-7,10H,8-9H2,(H2,19,20,24). The van der Waals surface area contributed by atoms with Crippen LogP contribution in [0.25, 0.3) is 0 Å². The average Bonchev–Trinajstić information content (AvgIpc) is 2.80. The molecule has 0 saturated carbocycles. The molecular formula is C17H14BrN3O3. The van der Waals surface area contributed by atoms with Crippen molar-refractivity contribution in [1.82, 2.24) is 10.2 Å². The monoisotopic (exact) mass is 387 g/mol. The fraction of sp³-hybridized carbons (Fsp3) is 0.118. The van der Waals surface area contributed by atoms with Crippen LogP contribution < -0.4 is 10.6 Å². The van der Waals surface area contributed by atoms with Crippen LogP contribution in [0.5, 0.6) is 0 Å². The van der Waals surface area contributed by atoms with Gasteiger partial charge in [0.15, 0.2) is 0 Å². The van der Waals surface area contributed by atoms with Gasteiger partial charge in [-0.3, -0.25) is 14.5 Å². The molecule has 1 aliphatic rings. The van der Waals surface area contributed by atoms with E-state index in [2.05, 4.69) is 26.6 Å². The normalized spacial score (nSPS) is 13.0. The summed E-state index contributed by atoms with van der Waals surface area (Å²) in [6, 6.07) is 13.5. The second-order valence-corrected chi connectivity index (χ2v) is 6.11. The molecule has 3 rings (SSSR count). The lowest BCUT2D eigenvalue weighted by Crippen LogP contribution is -2.39. The number of amides is 4. The lowest BCUT2D eigenvalue weighted by molar-refractivity contribution is 0.0656. The number of imide groups is 1. The van der Waals surface area contributed by atoms with Crippen molar-refractivity contribution in [2.45, 2.75) is 0 Å². The number of hydrogen-bond acceptors (Lipinski definition) is 3. The number of hydrogen-bond donors (Lipinski definition) is 2. The lowest BCUT2D eigenvalue weighted by Gasteiger charge is -2.14. The summed E-state index contributed by atoms with van der Waals surface area (Å²) in [5.74, 6) is -0.658. The molecule has 0 spiro atoms. The van der Waals surface area contributed by atoms with E-state index < -0.39 is 6.03 Å². The summed E-state index contributed by atoms with van der Waals surface area (Å²) >= 11 is 3.32. The first-order valence-electron chi connectivity index (χ1n) is 7.32. The smallest absolute Gasteiger partial charge is 0.319 e. The molecule has 0 unspecified atom stereocenters. The molecular weight excluding hydrogens is 374 g/mol. The topological polar surface area (TPSA) is 78.5 Å². The van der Waals surface area contributed by atoms with Crippen LogP contribution in [0, 0.1) is 0 Å². The van der Waals surface area contributed by atoms with Gasteiger partial charge in [-0.1, -0.05) is 34.1 Å². The van der Waals surface area contributed by atoms with E-state index in [0.29, 0.717) is 16.8 Å². The van der Waals surface area contributed by atoms with Crippen LogP contribution in [-0.4, -0.2) is 35.8 Å². The molecule has 0 fully saturated rings. The summed E-state index contributed by atoms with van der Waals surface area (Å²) in [5.41, 5.74) is 1.45. The van der Waals surface area contributed by atoms with E-state index in [1.54, 1.807) is 42.5 Å². The average molecular weight is 388 g/mol. The molecule has 0 atom stereocenters. The van der Waals surface area contributed by atoms with Crippen molar-refractivity contribution < 1.29 is 14.4 Å². The molecule has 4 amide bonds. The minimum absolute atomic E-state index is 0.123. The highest BCUT2D eigenvalue weighted by atomic mass is 79.9. The Labute approximate surface area is 147 Å².